The highest BCUT2D eigenvalue weighted by Gasteiger charge is 2.33. The van der Waals surface area contributed by atoms with E-state index in [0.29, 0.717) is 29.7 Å². The molecule has 0 N–H and O–H groups in total. The summed E-state index contributed by atoms with van der Waals surface area (Å²) < 4.78 is 38.5. The fraction of sp³-hybridized carbons (Fsp3) is 0.364. The van der Waals surface area contributed by atoms with Gasteiger partial charge in [0, 0.05) is 18.7 Å². The number of piperidine rings is 1. The Bertz CT molecular complexity index is 1140. The molecule has 158 valence electrons. The minimum Gasteiger partial charge on any atom is -0.497 e. The Labute approximate surface area is 176 Å². The van der Waals surface area contributed by atoms with Gasteiger partial charge in [0.25, 0.3) is 0 Å². The van der Waals surface area contributed by atoms with Crippen molar-refractivity contribution in [2.45, 2.75) is 37.5 Å². The second-order valence-corrected chi connectivity index (χ2v) is 9.57. The normalized spacial score (nSPS) is 17.8. The van der Waals surface area contributed by atoms with Crippen LogP contribution in [0.15, 0.2) is 51.9 Å². The molecule has 7 nitrogen and oxygen atoms in total. The molecule has 30 heavy (non-hydrogen) atoms. The fourth-order valence-electron chi connectivity index (χ4n) is 3.64. The van der Waals surface area contributed by atoms with E-state index >= 15 is 0 Å². The average Bonchev–Trinajstić information content (AvgIpc) is 3.26. The molecule has 1 saturated heterocycles. The number of hydrogen-bond acceptors (Lipinski definition) is 6. The van der Waals surface area contributed by atoms with E-state index in [1.165, 1.54) is 4.31 Å². The van der Waals surface area contributed by atoms with Gasteiger partial charge >= 0.3 is 0 Å². The van der Waals surface area contributed by atoms with Crippen LogP contribution in [-0.2, 0) is 10.0 Å². The number of benzene rings is 2. The summed E-state index contributed by atoms with van der Waals surface area (Å²) in [6, 6.07) is 12.7. The van der Waals surface area contributed by atoms with Crippen LogP contribution in [-0.4, -0.2) is 43.1 Å². The van der Waals surface area contributed by atoms with Crippen molar-refractivity contribution in [1.82, 2.24) is 14.4 Å². The van der Waals surface area contributed by atoms with Crippen LogP contribution >= 0.6 is 0 Å². The van der Waals surface area contributed by atoms with Crippen LogP contribution in [0.4, 0.5) is 0 Å². The molecule has 0 saturated carbocycles. The molecule has 0 aliphatic carbocycles. The number of aromatic nitrogens is 2. The minimum atomic E-state index is -3.57. The van der Waals surface area contributed by atoms with Crippen molar-refractivity contribution >= 4 is 10.0 Å². The summed E-state index contributed by atoms with van der Waals surface area (Å²) in [7, 11) is -1.95. The maximum Gasteiger partial charge on any atom is 0.243 e. The first-order valence-electron chi connectivity index (χ1n) is 9.94. The minimum absolute atomic E-state index is 0.125. The predicted octanol–water partition coefficient (Wildman–Crippen LogP) is 3.93. The lowest BCUT2D eigenvalue weighted by Crippen LogP contribution is -2.39. The van der Waals surface area contributed by atoms with Crippen LogP contribution in [0.2, 0.25) is 0 Å². The Morgan fingerprint density at radius 1 is 1.10 bits per heavy atom. The van der Waals surface area contributed by atoms with Crippen LogP contribution in [0, 0.1) is 13.8 Å². The summed E-state index contributed by atoms with van der Waals surface area (Å²) in [5.74, 6) is 1.59. The maximum atomic E-state index is 13.2. The SMILES string of the molecule is COc1ccc(-c2noc(C3CCCN(S(=O)(=O)c4ccc(C)c(C)c4)C3)n2)cc1. The summed E-state index contributed by atoms with van der Waals surface area (Å²) in [6.45, 7) is 4.72. The Morgan fingerprint density at radius 2 is 1.87 bits per heavy atom. The van der Waals surface area contributed by atoms with Crippen LogP contribution in [0.5, 0.6) is 5.75 Å². The molecule has 1 atom stereocenters. The standard InChI is InChI=1S/C22H25N3O4S/c1-15-6-11-20(13-16(15)2)30(26,27)25-12-4-5-18(14-25)22-23-21(24-29-22)17-7-9-19(28-3)10-8-17/h6-11,13,18H,4-5,12,14H2,1-3H3. The molecule has 1 aliphatic heterocycles. The summed E-state index contributed by atoms with van der Waals surface area (Å²) in [4.78, 5) is 4.86. The number of sulfonamides is 1. The molecular formula is C22H25N3O4S. The van der Waals surface area contributed by atoms with Crippen molar-refractivity contribution in [2.24, 2.45) is 0 Å². The van der Waals surface area contributed by atoms with Crippen molar-refractivity contribution in [3.8, 4) is 17.1 Å². The number of ether oxygens (including phenoxy) is 1. The van der Waals surface area contributed by atoms with Crippen LogP contribution in [0.25, 0.3) is 11.4 Å². The third-order valence-corrected chi connectivity index (χ3v) is 7.50. The lowest BCUT2D eigenvalue weighted by Gasteiger charge is -2.30. The number of aryl methyl sites for hydroxylation is 2. The monoisotopic (exact) mass is 427 g/mol. The Balaban J connectivity index is 1.54. The first-order chi connectivity index (χ1) is 14.4. The Morgan fingerprint density at radius 3 is 2.57 bits per heavy atom. The van der Waals surface area contributed by atoms with Gasteiger partial charge in [-0.2, -0.15) is 9.29 Å². The zero-order valence-electron chi connectivity index (χ0n) is 17.3. The molecular weight excluding hydrogens is 402 g/mol. The van der Waals surface area contributed by atoms with Gasteiger partial charge in [0.1, 0.15) is 5.75 Å². The van der Waals surface area contributed by atoms with E-state index in [-0.39, 0.29) is 5.92 Å². The highest BCUT2D eigenvalue weighted by molar-refractivity contribution is 7.89. The molecule has 4 rings (SSSR count). The van der Waals surface area contributed by atoms with Crippen molar-refractivity contribution in [3.63, 3.8) is 0 Å². The van der Waals surface area contributed by atoms with Gasteiger partial charge in [-0.3, -0.25) is 0 Å². The van der Waals surface area contributed by atoms with E-state index in [9.17, 15) is 8.42 Å². The number of methoxy groups -OCH3 is 1. The van der Waals surface area contributed by atoms with E-state index in [0.717, 1.165) is 35.3 Å². The van der Waals surface area contributed by atoms with Crippen LogP contribution < -0.4 is 4.74 Å². The molecule has 0 spiro atoms. The number of nitrogens with zero attached hydrogens (tertiary/aromatic N) is 3. The van der Waals surface area contributed by atoms with Crippen molar-refractivity contribution in [2.75, 3.05) is 20.2 Å². The first-order valence-corrected chi connectivity index (χ1v) is 11.4. The second-order valence-electron chi connectivity index (χ2n) is 7.63. The molecule has 1 aliphatic rings. The van der Waals surface area contributed by atoms with Crippen molar-refractivity contribution < 1.29 is 17.7 Å². The first kappa shape index (κ1) is 20.6. The van der Waals surface area contributed by atoms with Gasteiger partial charge in [-0.05, 0) is 74.2 Å². The zero-order chi connectivity index (χ0) is 21.3. The summed E-state index contributed by atoms with van der Waals surface area (Å²) in [5.41, 5.74) is 2.86. The Kier molecular flexibility index (Phi) is 5.62. The smallest absolute Gasteiger partial charge is 0.243 e. The van der Waals surface area contributed by atoms with Gasteiger partial charge in [0.2, 0.25) is 21.7 Å². The average molecular weight is 428 g/mol. The number of rotatable bonds is 5. The quantitative estimate of drug-likeness (QED) is 0.613. The molecule has 0 amide bonds. The van der Waals surface area contributed by atoms with Gasteiger partial charge < -0.3 is 9.26 Å². The molecule has 2 heterocycles. The van der Waals surface area contributed by atoms with Crippen LogP contribution in [0.3, 0.4) is 0 Å². The summed E-state index contributed by atoms with van der Waals surface area (Å²) in [5, 5.41) is 4.09. The molecule has 0 radical (unpaired) electrons. The van der Waals surface area contributed by atoms with E-state index in [4.69, 9.17) is 9.26 Å². The summed E-state index contributed by atoms with van der Waals surface area (Å²) >= 11 is 0. The van der Waals surface area contributed by atoms with E-state index in [1.807, 2.05) is 44.2 Å². The molecule has 1 unspecified atom stereocenters. The third-order valence-electron chi connectivity index (χ3n) is 5.64. The zero-order valence-corrected chi connectivity index (χ0v) is 18.1. The predicted molar refractivity (Wildman–Crippen MR) is 113 cm³/mol. The number of hydrogen-bond donors (Lipinski definition) is 0. The molecule has 0 bridgehead atoms. The topological polar surface area (TPSA) is 85.5 Å². The van der Waals surface area contributed by atoms with Gasteiger partial charge in [-0.1, -0.05) is 11.2 Å². The molecule has 8 heteroatoms. The molecule has 1 fully saturated rings. The third kappa shape index (κ3) is 3.97. The van der Waals surface area contributed by atoms with Crippen molar-refractivity contribution in [1.29, 1.82) is 0 Å². The second kappa shape index (κ2) is 8.20. The highest BCUT2D eigenvalue weighted by Crippen LogP contribution is 2.31. The largest absolute Gasteiger partial charge is 0.497 e. The van der Waals surface area contributed by atoms with Gasteiger partial charge in [0.05, 0.1) is 17.9 Å². The van der Waals surface area contributed by atoms with Crippen molar-refractivity contribution in [3.05, 3.63) is 59.5 Å². The van der Waals surface area contributed by atoms with E-state index < -0.39 is 10.0 Å². The lowest BCUT2D eigenvalue weighted by molar-refractivity contribution is 0.265. The maximum absolute atomic E-state index is 13.2. The highest BCUT2D eigenvalue weighted by atomic mass is 32.2. The van der Waals surface area contributed by atoms with Gasteiger partial charge in [-0.15, -0.1) is 0 Å². The fourth-order valence-corrected chi connectivity index (χ4v) is 5.25. The van der Waals surface area contributed by atoms with E-state index in [2.05, 4.69) is 10.1 Å². The Hall–Kier alpha value is -2.71. The van der Waals surface area contributed by atoms with Crippen LogP contribution in [0.1, 0.15) is 35.8 Å². The van der Waals surface area contributed by atoms with Gasteiger partial charge in [0.15, 0.2) is 0 Å². The lowest BCUT2D eigenvalue weighted by atomic mass is 10.00. The molecule has 3 aromatic rings. The summed E-state index contributed by atoms with van der Waals surface area (Å²) in [6.07, 6.45) is 1.55. The van der Waals surface area contributed by atoms with E-state index in [1.54, 1.807) is 19.2 Å². The molecule has 1 aromatic heterocycles. The van der Waals surface area contributed by atoms with Gasteiger partial charge in [-0.25, -0.2) is 8.42 Å². The molecule has 2 aromatic carbocycles.